The minimum Gasteiger partial charge on any atom is -0.459 e. The molecule has 2 fully saturated rings. The van der Waals surface area contributed by atoms with Gasteiger partial charge in [0.05, 0.1) is 12.7 Å². The van der Waals surface area contributed by atoms with Crippen LogP contribution in [0.1, 0.15) is 119 Å². The van der Waals surface area contributed by atoms with Crippen LogP contribution >= 0.6 is 11.3 Å². The molecule has 262 valence electrons. The van der Waals surface area contributed by atoms with Crippen molar-refractivity contribution >= 4 is 37.2 Å². The molecule has 1 aromatic heterocycles. The summed E-state index contributed by atoms with van der Waals surface area (Å²) in [5, 5.41) is 9.70. The summed E-state index contributed by atoms with van der Waals surface area (Å²) in [6.45, 7) is 17.1. The molecule has 0 unspecified atom stereocenters. The Hall–Kier alpha value is -2.08. The lowest BCUT2D eigenvalue weighted by atomic mass is 10.0. The number of unbranched alkanes of at least 4 members (excludes halogenated alkanes) is 2. The van der Waals surface area contributed by atoms with Crippen LogP contribution in [0.25, 0.3) is 0 Å². The van der Waals surface area contributed by atoms with Gasteiger partial charge in [-0.2, -0.15) is 0 Å². The summed E-state index contributed by atoms with van der Waals surface area (Å²) in [6, 6.07) is 12.5. The van der Waals surface area contributed by atoms with Gasteiger partial charge in [-0.15, -0.1) is 11.3 Å². The fourth-order valence-corrected chi connectivity index (χ4v) is 8.46. The predicted molar refractivity (Wildman–Crippen MR) is 191 cm³/mol. The quantitative estimate of drug-likeness (QED) is 0.107. The summed E-state index contributed by atoms with van der Waals surface area (Å²) >= 11 is 1.44. The molecule has 1 amide bonds. The summed E-state index contributed by atoms with van der Waals surface area (Å²) < 4.78 is 23.8. The number of esters is 1. The first-order valence-corrected chi connectivity index (χ1v) is 21.2. The van der Waals surface area contributed by atoms with Crippen LogP contribution in [0.4, 0.5) is 5.69 Å². The number of carbonyl (C=O) groups is 2. The van der Waals surface area contributed by atoms with Gasteiger partial charge in [-0.3, -0.25) is 4.79 Å². The first-order chi connectivity index (χ1) is 22.1. The van der Waals surface area contributed by atoms with Gasteiger partial charge in [-0.25, -0.2) is 4.79 Å². The maximum Gasteiger partial charge on any atom is 0.348 e. The fraction of sp³-hybridized carbons (Fsp3) is 0.676. The van der Waals surface area contributed by atoms with E-state index in [1.807, 2.05) is 11.0 Å². The molecule has 1 N–H and O–H groups in total. The normalized spacial score (nSPS) is 22.2. The average molecular weight is 688 g/mol. The van der Waals surface area contributed by atoms with Gasteiger partial charge in [0.25, 0.3) is 0 Å². The van der Waals surface area contributed by atoms with Crippen molar-refractivity contribution in [3.8, 4) is 0 Å². The van der Waals surface area contributed by atoms with Gasteiger partial charge in [0, 0.05) is 23.0 Å². The lowest BCUT2D eigenvalue weighted by Crippen LogP contribution is -2.41. The van der Waals surface area contributed by atoms with Crippen molar-refractivity contribution < 1.29 is 33.3 Å². The molecule has 0 aliphatic carbocycles. The first kappa shape index (κ1) is 37.7. The Labute approximate surface area is 287 Å². The van der Waals surface area contributed by atoms with E-state index in [0.29, 0.717) is 11.3 Å². The van der Waals surface area contributed by atoms with E-state index in [0.717, 1.165) is 49.1 Å². The number of ether oxygens (including phenoxy) is 3. The van der Waals surface area contributed by atoms with Gasteiger partial charge < -0.3 is 28.6 Å². The van der Waals surface area contributed by atoms with E-state index in [1.165, 1.54) is 29.7 Å². The number of nitrogens with zero attached hydrogens (tertiary/aromatic N) is 1. The number of aliphatic hydroxyl groups is 1. The number of amides is 1. The molecule has 2 saturated heterocycles. The molecule has 2 aliphatic rings. The van der Waals surface area contributed by atoms with Crippen molar-refractivity contribution in [1.29, 1.82) is 0 Å². The second kappa shape index (κ2) is 16.1. The third kappa shape index (κ3) is 9.98. The van der Waals surface area contributed by atoms with Crippen LogP contribution in [0.2, 0.25) is 18.1 Å². The molecule has 4 atom stereocenters. The summed E-state index contributed by atoms with van der Waals surface area (Å²) in [5.41, 5.74) is 2.16. The number of benzene rings is 1. The van der Waals surface area contributed by atoms with Gasteiger partial charge in [-0.1, -0.05) is 59.1 Å². The van der Waals surface area contributed by atoms with E-state index in [1.54, 1.807) is 19.9 Å². The number of hydrogen-bond acceptors (Lipinski definition) is 8. The Morgan fingerprint density at radius 2 is 1.79 bits per heavy atom. The second-order valence-corrected chi connectivity index (χ2v) is 21.0. The standard InChI is InChI=1S/C37H57NO7SSi/c1-9-10-11-15-30(45-47(7,8)36(2,3)4)26-16-18-28(19-17-26)38-27(20-23-34(38)40)13-12-14-29-21-22-33(46-29)35(41)42-25-32-31(24-39)43-37(5,6)44-32/h16-19,21-22,27,30-32,39H,9-15,20,23-25H2,1-8H3/t27-,30-,31+,32+/m0/s1. The van der Waals surface area contributed by atoms with Crippen molar-refractivity contribution in [3.05, 3.63) is 51.7 Å². The summed E-state index contributed by atoms with van der Waals surface area (Å²) in [6.07, 6.45) is 7.66. The van der Waals surface area contributed by atoms with Gasteiger partial charge in [0.15, 0.2) is 14.1 Å². The van der Waals surface area contributed by atoms with E-state index in [9.17, 15) is 14.7 Å². The topological polar surface area (TPSA) is 94.5 Å². The third-order valence-corrected chi connectivity index (χ3v) is 15.5. The molecule has 3 heterocycles. The number of anilines is 1. The average Bonchev–Trinajstić information content (AvgIpc) is 3.71. The maximum absolute atomic E-state index is 13.0. The van der Waals surface area contributed by atoms with Gasteiger partial charge in [0.2, 0.25) is 5.91 Å². The summed E-state index contributed by atoms with van der Waals surface area (Å²) in [7, 11) is -1.95. The van der Waals surface area contributed by atoms with Crippen molar-refractivity contribution in [2.24, 2.45) is 0 Å². The second-order valence-electron chi connectivity index (χ2n) is 15.1. The molecule has 8 nitrogen and oxygen atoms in total. The van der Waals surface area contributed by atoms with E-state index in [-0.39, 0.29) is 36.3 Å². The molecule has 0 spiro atoms. The number of aryl methyl sites for hydroxylation is 1. The molecule has 0 bridgehead atoms. The molecule has 10 heteroatoms. The van der Waals surface area contributed by atoms with Crippen LogP contribution in [0.3, 0.4) is 0 Å². The Morgan fingerprint density at radius 1 is 1.09 bits per heavy atom. The smallest absolute Gasteiger partial charge is 0.348 e. The largest absolute Gasteiger partial charge is 0.459 e. The number of thiophene rings is 1. The van der Waals surface area contributed by atoms with Crippen molar-refractivity contribution in [2.75, 3.05) is 18.1 Å². The van der Waals surface area contributed by atoms with E-state index in [4.69, 9.17) is 18.6 Å². The van der Waals surface area contributed by atoms with E-state index >= 15 is 0 Å². The molecule has 2 aromatic rings. The molecular formula is C37H57NO7SSi. The van der Waals surface area contributed by atoms with Crippen LogP contribution in [0, 0.1) is 0 Å². The molecular weight excluding hydrogens is 631 g/mol. The number of rotatable bonds is 16. The highest BCUT2D eigenvalue weighted by molar-refractivity contribution is 7.13. The fourth-order valence-electron chi connectivity index (χ4n) is 6.19. The molecule has 4 rings (SSSR count). The van der Waals surface area contributed by atoms with Crippen LogP contribution in [-0.2, 0) is 29.9 Å². The van der Waals surface area contributed by atoms with Crippen molar-refractivity contribution in [1.82, 2.24) is 0 Å². The van der Waals surface area contributed by atoms with Gasteiger partial charge in [0.1, 0.15) is 23.7 Å². The van der Waals surface area contributed by atoms with Gasteiger partial charge >= 0.3 is 5.97 Å². The number of hydrogen-bond donors (Lipinski definition) is 1. The Morgan fingerprint density at radius 3 is 2.45 bits per heavy atom. The molecule has 0 radical (unpaired) electrons. The van der Waals surface area contributed by atoms with Crippen molar-refractivity contribution in [2.45, 2.75) is 148 Å². The van der Waals surface area contributed by atoms with Crippen molar-refractivity contribution in [3.63, 3.8) is 0 Å². The minimum atomic E-state index is -1.95. The lowest BCUT2D eigenvalue weighted by molar-refractivity contribution is -0.151. The molecule has 47 heavy (non-hydrogen) atoms. The first-order valence-electron chi connectivity index (χ1n) is 17.5. The molecule has 2 aliphatic heterocycles. The zero-order chi connectivity index (χ0) is 34.4. The van der Waals surface area contributed by atoms with Crippen LogP contribution in [0.15, 0.2) is 36.4 Å². The predicted octanol–water partition coefficient (Wildman–Crippen LogP) is 8.58. The summed E-state index contributed by atoms with van der Waals surface area (Å²) in [4.78, 5) is 29.4. The van der Waals surface area contributed by atoms with Crippen LogP contribution in [-0.4, -0.2) is 62.6 Å². The Bertz CT molecular complexity index is 1320. The van der Waals surface area contributed by atoms with E-state index in [2.05, 4.69) is 65.1 Å². The lowest BCUT2D eigenvalue weighted by Gasteiger charge is -2.39. The number of carbonyl (C=O) groups excluding carboxylic acids is 2. The summed E-state index contributed by atoms with van der Waals surface area (Å²) in [5.74, 6) is -1.03. The van der Waals surface area contributed by atoms with Crippen LogP contribution in [0.5, 0.6) is 0 Å². The van der Waals surface area contributed by atoms with E-state index < -0.39 is 32.3 Å². The number of aliphatic hydroxyl groups excluding tert-OH is 1. The SMILES string of the molecule is CCCCC[C@H](O[Si](C)(C)C(C)(C)C)c1ccc(N2C(=O)CC[C@@H]2CCCc2ccc(C(=O)OC[C@H]3OC(C)(C)O[C@@H]3CO)s2)cc1. The Kier molecular flexibility index (Phi) is 12.9. The molecule has 0 saturated carbocycles. The van der Waals surface area contributed by atoms with Crippen LogP contribution < -0.4 is 4.90 Å². The highest BCUT2D eigenvalue weighted by Gasteiger charge is 2.42. The third-order valence-electron chi connectivity index (χ3n) is 9.85. The zero-order valence-corrected chi connectivity index (χ0v) is 31.6. The highest BCUT2D eigenvalue weighted by atomic mass is 32.1. The Balaban J connectivity index is 1.32. The van der Waals surface area contributed by atoms with Gasteiger partial charge in [-0.05, 0) is 93.9 Å². The maximum atomic E-state index is 13.0. The monoisotopic (exact) mass is 687 g/mol. The highest BCUT2D eigenvalue weighted by Crippen LogP contribution is 2.41. The molecule has 1 aromatic carbocycles. The zero-order valence-electron chi connectivity index (χ0n) is 29.8. The minimum absolute atomic E-state index is 0.0242.